The third kappa shape index (κ3) is 4.78. The monoisotopic (exact) mass is 322 g/mol. The normalized spacial score (nSPS) is 11.0. The Morgan fingerprint density at radius 2 is 1.75 bits per heavy atom. The third-order valence-corrected chi connectivity index (χ3v) is 3.48. The molecular formula is C19H22N4O. The molecule has 2 aromatic carbocycles. The number of hydrogen-bond donors (Lipinski definition) is 2. The molecule has 0 aromatic heterocycles. The van der Waals surface area contributed by atoms with E-state index in [0.717, 1.165) is 30.4 Å². The summed E-state index contributed by atoms with van der Waals surface area (Å²) in [6.45, 7) is 2.67. The summed E-state index contributed by atoms with van der Waals surface area (Å²) in [5.74, 6) is -0.284. The summed E-state index contributed by atoms with van der Waals surface area (Å²) < 4.78 is 0. The van der Waals surface area contributed by atoms with Gasteiger partial charge in [-0.25, -0.2) is 0 Å². The fraction of sp³-hybridized carbons (Fsp3) is 0.211. The Labute approximate surface area is 142 Å². The van der Waals surface area contributed by atoms with E-state index in [2.05, 4.69) is 17.5 Å². The molecule has 124 valence electrons. The molecule has 0 unspecified atom stereocenters. The van der Waals surface area contributed by atoms with E-state index in [4.69, 9.17) is 5.41 Å². The van der Waals surface area contributed by atoms with Gasteiger partial charge in [0.15, 0.2) is 5.71 Å². The van der Waals surface area contributed by atoms with Crippen LogP contribution in [0.5, 0.6) is 0 Å². The third-order valence-electron chi connectivity index (χ3n) is 3.48. The van der Waals surface area contributed by atoms with Crippen LogP contribution in [-0.2, 0) is 4.79 Å². The smallest absolute Gasteiger partial charge is 0.280 e. The largest absolute Gasteiger partial charge is 0.307 e. The first-order valence-electron chi connectivity index (χ1n) is 8.02. The van der Waals surface area contributed by atoms with Crippen LogP contribution < -0.4 is 10.3 Å². The number of hydrogen-bond acceptors (Lipinski definition) is 4. The maximum atomic E-state index is 12.8. The van der Waals surface area contributed by atoms with Gasteiger partial charge in [0.25, 0.3) is 5.91 Å². The second-order valence-corrected chi connectivity index (χ2v) is 5.27. The second-order valence-electron chi connectivity index (χ2n) is 5.27. The molecule has 0 saturated carbocycles. The highest BCUT2D eigenvalue weighted by atomic mass is 16.2. The van der Waals surface area contributed by atoms with Crippen LogP contribution in [0.4, 0.5) is 11.4 Å². The molecule has 1 amide bonds. The summed E-state index contributed by atoms with van der Waals surface area (Å²) in [4.78, 5) is 14.5. The van der Waals surface area contributed by atoms with Gasteiger partial charge in [0, 0.05) is 12.2 Å². The quantitative estimate of drug-likeness (QED) is 0.571. The van der Waals surface area contributed by atoms with E-state index in [9.17, 15) is 4.79 Å². The second kappa shape index (κ2) is 9.25. The molecule has 0 heterocycles. The van der Waals surface area contributed by atoms with Crippen molar-refractivity contribution in [2.45, 2.75) is 19.8 Å². The van der Waals surface area contributed by atoms with Crippen molar-refractivity contribution in [3.8, 4) is 0 Å². The molecule has 0 radical (unpaired) electrons. The van der Waals surface area contributed by atoms with Crippen LogP contribution in [0.3, 0.4) is 0 Å². The molecular weight excluding hydrogens is 300 g/mol. The molecule has 5 nitrogen and oxygen atoms in total. The fourth-order valence-electron chi connectivity index (χ4n) is 2.19. The maximum absolute atomic E-state index is 12.8. The van der Waals surface area contributed by atoms with Gasteiger partial charge in [0.2, 0.25) is 0 Å². The molecule has 0 fully saturated rings. The van der Waals surface area contributed by atoms with Crippen LogP contribution in [0.1, 0.15) is 19.8 Å². The number of nitrogens with one attached hydrogen (secondary N) is 2. The van der Waals surface area contributed by atoms with Gasteiger partial charge in [0.1, 0.15) is 0 Å². The van der Waals surface area contributed by atoms with Crippen LogP contribution in [0, 0.1) is 5.41 Å². The average Bonchev–Trinajstić information content (AvgIpc) is 2.64. The summed E-state index contributed by atoms with van der Waals surface area (Å²) >= 11 is 0. The van der Waals surface area contributed by atoms with E-state index < -0.39 is 0 Å². The van der Waals surface area contributed by atoms with Crippen molar-refractivity contribution in [1.82, 2.24) is 0 Å². The minimum atomic E-state index is -0.284. The first-order chi connectivity index (χ1) is 11.8. The van der Waals surface area contributed by atoms with Gasteiger partial charge < -0.3 is 10.3 Å². The van der Waals surface area contributed by atoms with E-state index in [1.165, 1.54) is 0 Å². The lowest BCUT2D eigenvalue weighted by Gasteiger charge is -2.22. The molecule has 2 rings (SSSR count). The van der Waals surface area contributed by atoms with Crippen molar-refractivity contribution in [3.05, 3.63) is 60.7 Å². The lowest BCUT2D eigenvalue weighted by molar-refractivity contribution is -0.112. The Morgan fingerprint density at radius 3 is 2.33 bits per heavy atom. The van der Waals surface area contributed by atoms with Crippen molar-refractivity contribution in [2.24, 2.45) is 5.10 Å². The number of para-hydroxylation sites is 2. The van der Waals surface area contributed by atoms with E-state index in [1.54, 1.807) is 4.90 Å². The number of carbonyl (C=O) groups excluding carboxylic acids is 1. The summed E-state index contributed by atoms with van der Waals surface area (Å²) in [5.41, 5.74) is 4.47. The van der Waals surface area contributed by atoms with Gasteiger partial charge in [-0.1, -0.05) is 49.7 Å². The minimum Gasteiger partial charge on any atom is -0.307 e. The predicted molar refractivity (Wildman–Crippen MR) is 100.0 cm³/mol. The zero-order valence-electron chi connectivity index (χ0n) is 13.8. The Kier molecular flexibility index (Phi) is 6.71. The van der Waals surface area contributed by atoms with Gasteiger partial charge in [-0.05, 0) is 30.7 Å². The maximum Gasteiger partial charge on any atom is 0.280 e. The molecule has 2 aromatic rings. The number of amides is 1. The molecule has 2 N–H and O–H groups in total. The number of anilines is 2. The Bertz CT molecular complexity index is 683. The lowest BCUT2D eigenvalue weighted by Crippen LogP contribution is -2.38. The molecule has 0 bridgehead atoms. The van der Waals surface area contributed by atoms with Crippen molar-refractivity contribution < 1.29 is 4.79 Å². The highest BCUT2D eigenvalue weighted by Gasteiger charge is 2.19. The molecule has 0 saturated heterocycles. The number of nitrogens with zero attached hydrogens (tertiary/aromatic N) is 2. The van der Waals surface area contributed by atoms with Gasteiger partial charge in [-0.15, -0.1) is 0 Å². The fourth-order valence-corrected chi connectivity index (χ4v) is 2.19. The average molecular weight is 322 g/mol. The molecule has 5 heteroatoms. The van der Waals surface area contributed by atoms with Crippen molar-refractivity contribution in [2.75, 3.05) is 16.9 Å². The van der Waals surface area contributed by atoms with Crippen LogP contribution in [-0.4, -0.2) is 24.4 Å². The number of rotatable bonds is 8. The van der Waals surface area contributed by atoms with Crippen LogP contribution in [0.2, 0.25) is 0 Å². The molecule has 0 aliphatic rings. The Hall–Kier alpha value is -2.95. The van der Waals surface area contributed by atoms with Gasteiger partial charge >= 0.3 is 0 Å². The molecule has 0 aliphatic carbocycles. The zero-order chi connectivity index (χ0) is 17.2. The standard InChI is InChI=1S/C19H22N4O/c1-2-3-14-23(17-12-8-5-9-13-17)19(24)18(15-20)22-21-16-10-6-4-7-11-16/h4-13,15,20-21H,2-3,14H2,1H3/b20-15?,22-18+. The Balaban J connectivity index is 2.20. The van der Waals surface area contributed by atoms with Gasteiger partial charge in [0.05, 0.1) is 11.9 Å². The molecule has 24 heavy (non-hydrogen) atoms. The number of hydrazone groups is 1. The van der Waals surface area contributed by atoms with E-state index in [1.807, 2.05) is 60.7 Å². The lowest BCUT2D eigenvalue weighted by atomic mass is 10.2. The van der Waals surface area contributed by atoms with E-state index in [-0.39, 0.29) is 11.6 Å². The number of benzene rings is 2. The summed E-state index contributed by atoms with van der Waals surface area (Å²) in [5, 5.41) is 11.6. The van der Waals surface area contributed by atoms with E-state index >= 15 is 0 Å². The topological polar surface area (TPSA) is 68.5 Å². The predicted octanol–water partition coefficient (Wildman–Crippen LogP) is 3.94. The highest BCUT2D eigenvalue weighted by Crippen LogP contribution is 2.15. The number of unbranched alkanes of at least 4 members (excludes halogenated alkanes) is 1. The van der Waals surface area contributed by atoms with Crippen LogP contribution in [0.25, 0.3) is 0 Å². The van der Waals surface area contributed by atoms with E-state index in [0.29, 0.717) is 6.54 Å². The first-order valence-corrected chi connectivity index (χ1v) is 8.02. The molecule has 0 aliphatic heterocycles. The van der Waals surface area contributed by atoms with Crippen LogP contribution in [0.15, 0.2) is 65.8 Å². The van der Waals surface area contributed by atoms with Gasteiger partial charge in [-0.2, -0.15) is 5.10 Å². The Morgan fingerprint density at radius 1 is 1.12 bits per heavy atom. The van der Waals surface area contributed by atoms with Crippen molar-refractivity contribution >= 4 is 29.2 Å². The summed E-state index contributed by atoms with van der Waals surface area (Å²) in [7, 11) is 0. The summed E-state index contributed by atoms with van der Waals surface area (Å²) in [6, 6.07) is 18.8. The molecule has 0 spiro atoms. The number of carbonyl (C=O) groups is 1. The van der Waals surface area contributed by atoms with Crippen molar-refractivity contribution in [1.29, 1.82) is 5.41 Å². The zero-order valence-corrected chi connectivity index (χ0v) is 13.8. The summed E-state index contributed by atoms with van der Waals surface area (Å²) in [6.07, 6.45) is 2.86. The first kappa shape index (κ1) is 17.4. The van der Waals surface area contributed by atoms with Crippen molar-refractivity contribution in [3.63, 3.8) is 0 Å². The highest BCUT2D eigenvalue weighted by molar-refractivity contribution is 6.62. The van der Waals surface area contributed by atoms with Gasteiger partial charge in [-0.3, -0.25) is 10.2 Å². The van der Waals surface area contributed by atoms with Crippen LogP contribution >= 0.6 is 0 Å². The minimum absolute atomic E-state index is 0.0683. The molecule has 0 atom stereocenters. The SMILES string of the molecule is CCCCN(C(=O)/C(C=N)=N/Nc1ccccc1)c1ccccc1.